The molecule has 290 valence electrons. The minimum Gasteiger partial charge on any atom is -0.398 e. The zero-order chi connectivity index (χ0) is 39.9. The Kier molecular flexibility index (Phi) is 11.7. The third-order valence-corrected chi connectivity index (χ3v) is 12.1. The summed E-state index contributed by atoms with van der Waals surface area (Å²) in [6.07, 6.45) is 9.96. The molecule has 7 nitrogen and oxygen atoms in total. The van der Waals surface area contributed by atoms with Crippen LogP contribution >= 0.6 is 11.6 Å². The lowest BCUT2D eigenvalue weighted by Crippen LogP contribution is -2.44. The molecule has 3 aliphatic heterocycles. The summed E-state index contributed by atoms with van der Waals surface area (Å²) in [6.45, 7) is 14.7. The zero-order valence-electron chi connectivity index (χ0n) is 32.1. The van der Waals surface area contributed by atoms with Gasteiger partial charge in [0.2, 0.25) is 6.43 Å². The molecule has 3 N–H and O–H groups in total. The van der Waals surface area contributed by atoms with Gasteiger partial charge in [0.1, 0.15) is 29.0 Å². The first kappa shape index (κ1) is 40.2. The second-order valence-electron chi connectivity index (χ2n) is 15.4. The van der Waals surface area contributed by atoms with E-state index in [1.165, 1.54) is 18.6 Å². The molecule has 0 radical (unpaired) electrons. The van der Waals surface area contributed by atoms with Crippen molar-refractivity contribution in [3.8, 4) is 29.5 Å². The summed E-state index contributed by atoms with van der Waals surface area (Å²) in [6, 6.07) is 6.55. The number of nitrogens with one attached hydrogen (secondary N) is 1. The Morgan fingerprint density at radius 2 is 1.89 bits per heavy atom. The Morgan fingerprint density at radius 1 is 1.16 bits per heavy atom. The molecule has 0 saturated carbocycles. The van der Waals surface area contributed by atoms with Crippen molar-refractivity contribution in [3.05, 3.63) is 63.9 Å². The molecule has 55 heavy (non-hydrogen) atoms. The van der Waals surface area contributed by atoms with Gasteiger partial charge in [0.15, 0.2) is 5.82 Å². The summed E-state index contributed by atoms with van der Waals surface area (Å²) in [4.78, 5) is 15.1. The number of fused-ring (bicyclic) bond motifs is 2. The van der Waals surface area contributed by atoms with Gasteiger partial charge >= 0.3 is 0 Å². The molecule has 0 bridgehead atoms. The monoisotopic (exact) mass is 773 g/mol. The van der Waals surface area contributed by atoms with Crippen molar-refractivity contribution in [1.29, 1.82) is 5.26 Å². The van der Waals surface area contributed by atoms with Crippen molar-refractivity contribution in [3.63, 3.8) is 0 Å². The number of nitrogens with two attached hydrogens (primary N) is 1. The van der Waals surface area contributed by atoms with Gasteiger partial charge in [0.25, 0.3) is 0 Å². The van der Waals surface area contributed by atoms with E-state index < -0.39 is 18.1 Å². The van der Waals surface area contributed by atoms with Gasteiger partial charge in [-0.15, -0.1) is 6.42 Å². The van der Waals surface area contributed by atoms with Gasteiger partial charge in [-0.1, -0.05) is 44.0 Å². The minimum atomic E-state index is -2.17. The van der Waals surface area contributed by atoms with E-state index >= 15 is 8.78 Å². The number of nitrogen functional groups attached to an aromatic ring is 1. The second kappa shape index (κ2) is 16.0. The molecule has 12 heteroatoms. The fraction of sp³-hybridized carbons (Fsp3) is 0.465. The molecule has 0 spiro atoms. The summed E-state index contributed by atoms with van der Waals surface area (Å²) in [5.74, 6) is 2.80. The van der Waals surface area contributed by atoms with Crippen LogP contribution in [0, 0.1) is 41.2 Å². The Balaban J connectivity index is 0.00000123. The zero-order valence-corrected chi connectivity index (χ0v) is 32.9. The molecular formula is C43H48ClF4N7. The number of nitriles is 1. The maximum Gasteiger partial charge on any atom is 0.235 e. The van der Waals surface area contributed by atoms with Crippen LogP contribution in [0.2, 0.25) is 5.02 Å². The third kappa shape index (κ3) is 7.23. The fourth-order valence-corrected chi connectivity index (χ4v) is 9.65. The highest BCUT2D eigenvalue weighted by Gasteiger charge is 2.46. The minimum absolute atomic E-state index is 0.0355. The molecule has 4 atom stereocenters. The van der Waals surface area contributed by atoms with Gasteiger partial charge < -0.3 is 16.0 Å². The maximum absolute atomic E-state index is 17.8. The molecule has 4 aromatic rings. The Morgan fingerprint density at radius 3 is 2.55 bits per heavy atom. The van der Waals surface area contributed by atoms with E-state index in [0.29, 0.717) is 58.9 Å². The number of hydrogen-bond acceptors (Lipinski definition) is 7. The second-order valence-corrected chi connectivity index (χ2v) is 15.7. The fourth-order valence-electron chi connectivity index (χ4n) is 9.24. The number of aryl methyl sites for hydroxylation is 1. The third-order valence-electron chi connectivity index (χ3n) is 11.7. The molecule has 2 fully saturated rings. The number of alkyl halides is 2. The first-order valence-electron chi connectivity index (χ1n) is 19.0. The van der Waals surface area contributed by atoms with Crippen molar-refractivity contribution in [2.24, 2.45) is 5.92 Å². The van der Waals surface area contributed by atoms with Crippen molar-refractivity contribution in [2.75, 3.05) is 37.3 Å². The predicted octanol–water partition coefficient (Wildman–Crippen LogP) is 9.50. The van der Waals surface area contributed by atoms with Crippen molar-refractivity contribution >= 4 is 50.4 Å². The summed E-state index contributed by atoms with van der Waals surface area (Å²) >= 11 is 7.35. The van der Waals surface area contributed by atoms with Gasteiger partial charge in [-0.3, -0.25) is 4.90 Å². The smallest absolute Gasteiger partial charge is 0.235 e. The van der Waals surface area contributed by atoms with Crippen LogP contribution in [0.15, 0.2) is 24.8 Å². The molecule has 7 rings (SSSR count). The number of aromatic nitrogens is 2. The average Bonchev–Trinajstić information content (AvgIpc) is 3.63. The lowest BCUT2D eigenvalue weighted by Gasteiger charge is -2.34. The molecule has 3 aliphatic rings. The summed E-state index contributed by atoms with van der Waals surface area (Å²) in [5, 5.41) is 15.0. The number of anilines is 2. The van der Waals surface area contributed by atoms with E-state index in [1.54, 1.807) is 6.07 Å². The standard InChI is InChI=1S/C41H44ClF2N7.C2H4F2/c1-7-26(47-6)21-51-24(5)16-23(4)32-36-39(48-31(49-40(36)51)12-14-41-13-9-15-50(41)20-22(3)18-41)38(44)35(37(32)42)34-28(19-45)30(46)17-25-10-11-29(43)27(8-2)33(25)34;1-2(3)4/h2,10-11,17,22,24,26,47H,4,7,9,12-16,18,20-21,46H2,1,3,5-6H3;2H,1H3/t22?,24-,26+,41?;/m0./s1. The molecule has 2 saturated heterocycles. The van der Waals surface area contributed by atoms with E-state index in [-0.39, 0.29) is 61.5 Å². The van der Waals surface area contributed by atoms with Crippen LogP contribution < -0.4 is 16.0 Å². The number of nitrogens with zero attached hydrogens (tertiary/aromatic N) is 5. The summed E-state index contributed by atoms with van der Waals surface area (Å²) in [5.41, 5.74) is 7.71. The first-order valence-corrected chi connectivity index (χ1v) is 19.4. The van der Waals surface area contributed by atoms with Crippen LogP contribution in [0.1, 0.15) is 88.7 Å². The van der Waals surface area contributed by atoms with E-state index in [2.05, 4.69) is 54.5 Å². The van der Waals surface area contributed by atoms with Gasteiger partial charge in [-0.2, -0.15) is 5.26 Å². The SMILES string of the molecule is C#Cc1c(F)ccc2cc(N)c(C#N)c(-c3c(Cl)c4c5c(nc(CCC67CCCN6CC(C)C7)nc5c3F)N(C[C@@H](CC)NC)[C@@H](C)CC4=C)c12.CC(F)F. The van der Waals surface area contributed by atoms with Crippen LogP contribution in [0.3, 0.4) is 0 Å². The molecule has 0 amide bonds. The first-order chi connectivity index (χ1) is 26.2. The number of likely N-dealkylation sites (N-methyl/N-ethyl adjacent to an activating group) is 1. The number of benzene rings is 3. The van der Waals surface area contributed by atoms with Crippen LogP contribution in [0.25, 0.3) is 38.4 Å². The lowest BCUT2D eigenvalue weighted by molar-refractivity contribution is 0.171. The molecule has 0 aliphatic carbocycles. The van der Waals surface area contributed by atoms with Gasteiger partial charge in [0, 0.05) is 59.2 Å². The summed E-state index contributed by atoms with van der Waals surface area (Å²) < 4.78 is 53.8. The van der Waals surface area contributed by atoms with E-state index in [0.717, 1.165) is 45.7 Å². The number of rotatable bonds is 8. The van der Waals surface area contributed by atoms with Crippen LogP contribution in [0.5, 0.6) is 0 Å². The van der Waals surface area contributed by atoms with Gasteiger partial charge in [0.05, 0.1) is 27.2 Å². The summed E-state index contributed by atoms with van der Waals surface area (Å²) in [7, 11) is 1.94. The van der Waals surface area contributed by atoms with Crippen molar-refractivity contribution in [1.82, 2.24) is 20.2 Å². The predicted molar refractivity (Wildman–Crippen MR) is 215 cm³/mol. The number of terminal acetylenes is 1. The Bertz CT molecular complexity index is 2240. The largest absolute Gasteiger partial charge is 0.398 e. The highest BCUT2D eigenvalue weighted by Crippen LogP contribution is 2.51. The topological polar surface area (TPSA) is 94.1 Å². The van der Waals surface area contributed by atoms with Gasteiger partial charge in [-0.25, -0.2) is 27.5 Å². The van der Waals surface area contributed by atoms with Crippen LogP contribution in [-0.2, 0) is 6.42 Å². The number of hydrogen-bond donors (Lipinski definition) is 2. The quantitative estimate of drug-likeness (QED) is 0.105. The van der Waals surface area contributed by atoms with Crippen LogP contribution in [-0.4, -0.2) is 65.6 Å². The van der Waals surface area contributed by atoms with Gasteiger partial charge in [-0.05, 0) is 95.0 Å². The molecule has 1 aromatic heterocycles. The van der Waals surface area contributed by atoms with E-state index in [9.17, 15) is 14.0 Å². The lowest BCUT2D eigenvalue weighted by atomic mass is 9.86. The molecule has 4 heterocycles. The van der Waals surface area contributed by atoms with Crippen molar-refractivity contribution < 1.29 is 17.6 Å². The van der Waals surface area contributed by atoms with Crippen molar-refractivity contribution in [2.45, 2.75) is 96.7 Å². The molecule has 3 aromatic carbocycles. The molecular weight excluding hydrogens is 726 g/mol. The maximum atomic E-state index is 17.8. The Labute approximate surface area is 325 Å². The highest BCUT2D eigenvalue weighted by molar-refractivity contribution is 6.37. The van der Waals surface area contributed by atoms with E-state index in [1.807, 2.05) is 7.05 Å². The van der Waals surface area contributed by atoms with Crippen LogP contribution in [0.4, 0.5) is 29.1 Å². The molecule has 2 unspecified atom stereocenters. The Hall–Kier alpha value is -4.42. The highest BCUT2D eigenvalue weighted by atomic mass is 35.5. The van der Waals surface area contributed by atoms with E-state index in [4.69, 9.17) is 33.7 Å². The normalized spacial score (nSPS) is 21.3. The number of halogens is 5. The average molecular weight is 774 g/mol.